The van der Waals surface area contributed by atoms with Crippen LogP contribution in [0.5, 0.6) is 0 Å². The summed E-state index contributed by atoms with van der Waals surface area (Å²) in [6, 6.07) is 7.84. The SMILES string of the molecule is CCN1CCN(CC(=O)N2CCNC2=O)c2ccccc21. The van der Waals surface area contributed by atoms with Crippen LogP contribution in [-0.4, -0.2) is 56.1 Å². The van der Waals surface area contributed by atoms with E-state index in [1.54, 1.807) is 0 Å². The number of carbonyl (C=O) groups excluding carboxylic acids is 2. The zero-order valence-corrected chi connectivity index (χ0v) is 12.2. The molecule has 3 rings (SSSR count). The smallest absolute Gasteiger partial charge is 0.324 e. The Morgan fingerprint density at radius 1 is 1.14 bits per heavy atom. The quantitative estimate of drug-likeness (QED) is 0.897. The molecule has 0 saturated carbocycles. The first kappa shape index (κ1) is 13.7. The Labute approximate surface area is 124 Å². The maximum atomic E-state index is 12.3. The van der Waals surface area contributed by atoms with Crippen LogP contribution in [0.25, 0.3) is 0 Å². The van der Waals surface area contributed by atoms with Crippen molar-refractivity contribution < 1.29 is 9.59 Å². The number of nitrogens with zero attached hydrogens (tertiary/aromatic N) is 3. The monoisotopic (exact) mass is 288 g/mol. The van der Waals surface area contributed by atoms with E-state index in [1.807, 2.05) is 18.2 Å². The maximum absolute atomic E-state index is 12.3. The Balaban J connectivity index is 1.77. The highest BCUT2D eigenvalue weighted by molar-refractivity contribution is 5.98. The normalized spacial score (nSPS) is 17.8. The van der Waals surface area contributed by atoms with Crippen molar-refractivity contribution in [2.24, 2.45) is 0 Å². The highest BCUT2D eigenvalue weighted by Gasteiger charge is 2.29. The third-order valence-corrected chi connectivity index (χ3v) is 4.07. The number of hydrogen-bond acceptors (Lipinski definition) is 4. The average Bonchev–Trinajstić information content (AvgIpc) is 2.94. The molecule has 0 radical (unpaired) electrons. The van der Waals surface area contributed by atoms with Gasteiger partial charge in [0.25, 0.3) is 0 Å². The van der Waals surface area contributed by atoms with E-state index in [0.29, 0.717) is 13.1 Å². The van der Waals surface area contributed by atoms with E-state index >= 15 is 0 Å². The van der Waals surface area contributed by atoms with Crippen molar-refractivity contribution in [1.29, 1.82) is 0 Å². The Morgan fingerprint density at radius 3 is 2.43 bits per heavy atom. The molecule has 21 heavy (non-hydrogen) atoms. The van der Waals surface area contributed by atoms with Gasteiger partial charge in [0.2, 0.25) is 5.91 Å². The molecule has 0 spiro atoms. The highest BCUT2D eigenvalue weighted by atomic mass is 16.2. The summed E-state index contributed by atoms with van der Waals surface area (Å²) in [7, 11) is 0. The molecule has 112 valence electrons. The number of hydrogen-bond donors (Lipinski definition) is 1. The predicted molar refractivity (Wildman–Crippen MR) is 81.7 cm³/mol. The fourth-order valence-electron chi connectivity index (χ4n) is 2.93. The average molecular weight is 288 g/mol. The first-order valence-corrected chi connectivity index (χ1v) is 7.38. The van der Waals surface area contributed by atoms with E-state index in [2.05, 4.69) is 28.1 Å². The summed E-state index contributed by atoms with van der Waals surface area (Å²) in [6.07, 6.45) is 0. The molecule has 1 aromatic carbocycles. The second-order valence-electron chi connectivity index (χ2n) is 5.27. The topological polar surface area (TPSA) is 55.9 Å². The van der Waals surface area contributed by atoms with Gasteiger partial charge in [-0.25, -0.2) is 4.79 Å². The van der Waals surface area contributed by atoms with Crippen LogP contribution in [0.4, 0.5) is 16.2 Å². The minimum atomic E-state index is -0.277. The first-order valence-electron chi connectivity index (χ1n) is 7.38. The number of nitrogens with one attached hydrogen (secondary N) is 1. The third-order valence-electron chi connectivity index (χ3n) is 4.07. The van der Waals surface area contributed by atoms with Gasteiger partial charge in [0.1, 0.15) is 0 Å². The van der Waals surface area contributed by atoms with Gasteiger partial charge in [0, 0.05) is 32.7 Å². The number of para-hydroxylation sites is 2. The number of amides is 3. The summed E-state index contributed by atoms with van der Waals surface area (Å²) in [6.45, 7) is 6.04. The fourth-order valence-corrected chi connectivity index (χ4v) is 2.93. The lowest BCUT2D eigenvalue weighted by molar-refractivity contribution is -0.126. The van der Waals surface area contributed by atoms with Gasteiger partial charge in [-0.1, -0.05) is 12.1 Å². The van der Waals surface area contributed by atoms with Crippen LogP contribution in [0.15, 0.2) is 24.3 Å². The van der Waals surface area contributed by atoms with Crippen LogP contribution in [0.1, 0.15) is 6.92 Å². The number of carbonyl (C=O) groups is 2. The maximum Gasteiger partial charge on any atom is 0.324 e. The molecule has 2 aliphatic heterocycles. The Morgan fingerprint density at radius 2 is 1.81 bits per heavy atom. The van der Waals surface area contributed by atoms with Crippen LogP contribution in [-0.2, 0) is 4.79 Å². The Bertz CT molecular complexity index is 560. The van der Waals surface area contributed by atoms with Crippen molar-refractivity contribution in [3.8, 4) is 0 Å². The molecule has 0 unspecified atom stereocenters. The molecule has 1 saturated heterocycles. The largest absolute Gasteiger partial charge is 0.368 e. The Hall–Kier alpha value is -2.24. The molecule has 6 nitrogen and oxygen atoms in total. The van der Waals surface area contributed by atoms with Crippen molar-refractivity contribution in [1.82, 2.24) is 10.2 Å². The predicted octanol–water partition coefficient (Wildman–Crippen LogP) is 0.885. The van der Waals surface area contributed by atoms with Gasteiger partial charge in [-0.2, -0.15) is 0 Å². The van der Waals surface area contributed by atoms with E-state index < -0.39 is 0 Å². The van der Waals surface area contributed by atoms with Gasteiger partial charge in [0.15, 0.2) is 0 Å². The number of urea groups is 1. The zero-order chi connectivity index (χ0) is 14.8. The van der Waals surface area contributed by atoms with Crippen LogP contribution in [0, 0.1) is 0 Å². The summed E-state index contributed by atoms with van der Waals surface area (Å²) < 4.78 is 0. The minimum Gasteiger partial charge on any atom is -0.368 e. The van der Waals surface area contributed by atoms with Crippen LogP contribution in [0.2, 0.25) is 0 Å². The molecule has 1 N–H and O–H groups in total. The fraction of sp³-hybridized carbons (Fsp3) is 0.467. The summed E-state index contributed by atoms with van der Waals surface area (Å²) in [4.78, 5) is 29.5. The third kappa shape index (κ3) is 2.53. The van der Waals surface area contributed by atoms with Crippen LogP contribution < -0.4 is 15.1 Å². The van der Waals surface area contributed by atoms with Crippen molar-refractivity contribution in [2.75, 3.05) is 49.1 Å². The summed E-state index contributed by atoms with van der Waals surface area (Å²) in [5.41, 5.74) is 2.23. The van der Waals surface area contributed by atoms with E-state index in [4.69, 9.17) is 0 Å². The van der Waals surface area contributed by atoms with E-state index in [9.17, 15) is 9.59 Å². The standard InChI is InChI=1S/C15H20N4O2/c1-2-17-9-10-18(13-6-4-3-5-12(13)17)11-14(20)19-8-7-16-15(19)21/h3-6H,2,7-11H2,1H3,(H,16,21). The van der Waals surface area contributed by atoms with Gasteiger partial charge in [0.05, 0.1) is 17.9 Å². The molecule has 2 heterocycles. The van der Waals surface area contributed by atoms with Crippen molar-refractivity contribution in [3.63, 3.8) is 0 Å². The van der Waals surface area contributed by atoms with Crippen LogP contribution >= 0.6 is 0 Å². The Kier molecular flexibility index (Phi) is 3.68. The van der Waals surface area contributed by atoms with E-state index in [1.165, 1.54) is 4.90 Å². The van der Waals surface area contributed by atoms with Crippen LogP contribution in [0.3, 0.4) is 0 Å². The molecule has 1 fully saturated rings. The zero-order valence-electron chi connectivity index (χ0n) is 12.2. The molecular formula is C15H20N4O2. The van der Waals surface area contributed by atoms with Gasteiger partial charge in [-0.15, -0.1) is 0 Å². The summed E-state index contributed by atoms with van der Waals surface area (Å²) >= 11 is 0. The van der Waals surface area contributed by atoms with Gasteiger partial charge in [-0.05, 0) is 19.1 Å². The molecule has 0 bridgehead atoms. The number of likely N-dealkylation sites (N-methyl/N-ethyl adjacent to an activating group) is 1. The second kappa shape index (κ2) is 5.63. The number of imide groups is 1. The molecule has 1 aromatic rings. The summed E-state index contributed by atoms with van der Waals surface area (Å²) in [5, 5.41) is 2.66. The molecular weight excluding hydrogens is 268 g/mol. The second-order valence-corrected chi connectivity index (χ2v) is 5.27. The van der Waals surface area contributed by atoms with E-state index in [0.717, 1.165) is 31.0 Å². The van der Waals surface area contributed by atoms with Crippen molar-refractivity contribution >= 4 is 23.3 Å². The lowest BCUT2D eigenvalue weighted by Crippen LogP contribution is -2.47. The molecule has 0 aromatic heterocycles. The number of fused-ring (bicyclic) bond motifs is 1. The summed E-state index contributed by atoms with van der Waals surface area (Å²) in [5.74, 6) is -0.134. The molecule has 0 aliphatic carbocycles. The molecule has 2 aliphatic rings. The molecule has 3 amide bonds. The molecule has 6 heteroatoms. The first-order chi connectivity index (χ1) is 10.2. The number of benzene rings is 1. The lowest BCUT2D eigenvalue weighted by atomic mass is 10.1. The lowest BCUT2D eigenvalue weighted by Gasteiger charge is -2.38. The molecule has 0 atom stereocenters. The van der Waals surface area contributed by atoms with Crippen molar-refractivity contribution in [3.05, 3.63) is 24.3 Å². The van der Waals surface area contributed by atoms with Crippen molar-refractivity contribution in [2.45, 2.75) is 6.92 Å². The van der Waals surface area contributed by atoms with E-state index in [-0.39, 0.29) is 18.5 Å². The highest BCUT2D eigenvalue weighted by Crippen LogP contribution is 2.32. The number of rotatable bonds is 3. The van der Waals surface area contributed by atoms with Gasteiger partial charge in [-0.3, -0.25) is 9.69 Å². The minimum absolute atomic E-state index is 0.134. The van der Waals surface area contributed by atoms with Gasteiger partial charge < -0.3 is 15.1 Å². The number of anilines is 2. The van der Waals surface area contributed by atoms with Gasteiger partial charge >= 0.3 is 6.03 Å².